The van der Waals surface area contributed by atoms with Gasteiger partial charge in [-0.25, -0.2) is 0 Å². The molecule has 2 nitrogen and oxygen atoms in total. The van der Waals surface area contributed by atoms with Gasteiger partial charge in [0.15, 0.2) is 0 Å². The first-order chi connectivity index (χ1) is 10.3. The first kappa shape index (κ1) is 13.8. The Bertz CT molecular complexity index is 487. The summed E-state index contributed by atoms with van der Waals surface area (Å²) in [5, 5.41) is 0. The van der Waals surface area contributed by atoms with Crippen molar-refractivity contribution < 1.29 is 0 Å². The van der Waals surface area contributed by atoms with Crippen molar-refractivity contribution in [2.45, 2.75) is 57.0 Å². The molecule has 2 atom stereocenters. The number of benzene rings is 1. The van der Waals surface area contributed by atoms with Crippen LogP contribution in [0.25, 0.3) is 0 Å². The van der Waals surface area contributed by atoms with E-state index in [-0.39, 0.29) is 5.54 Å². The second-order valence-electron chi connectivity index (χ2n) is 7.36. The molecule has 2 bridgehead atoms. The molecule has 0 spiro atoms. The minimum Gasteiger partial charge on any atom is -0.329 e. The lowest BCUT2D eigenvalue weighted by molar-refractivity contribution is 0.0203. The third-order valence-electron chi connectivity index (χ3n) is 6.52. The third-order valence-corrected chi connectivity index (χ3v) is 6.52. The average Bonchev–Trinajstić information content (AvgIpc) is 3.27. The molecule has 2 saturated carbocycles. The van der Waals surface area contributed by atoms with Crippen molar-refractivity contribution in [1.29, 1.82) is 0 Å². The monoisotopic (exact) mass is 284 g/mol. The van der Waals surface area contributed by atoms with Gasteiger partial charge in [0.1, 0.15) is 0 Å². The van der Waals surface area contributed by atoms with E-state index in [1.54, 1.807) is 11.1 Å². The van der Waals surface area contributed by atoms with Crippen molar-refractivity contribution in [1.82, 2.24) is 4.90 Å². The van der Waals surface area contributed by atoms with Crippen LogP contribution in [0.15, 0.2) is 24.3 Å². The van der Waals surface area contributed by atoms with Crippen molar-refractivity contribution >= 4 is 0 Å². The van der Waals surface area contributed by atoms with Crippen LogP contribution in [0.4, 0.5) is 0 Å². The number of hydrogen-bond donors (Lipinski definition) is 1. The highest BCUT2D eigenvalue weighted by Crippen LogP contribution is 2.52. The zero-order chi connectivity index (χ0) is 14.4. The lowest BCUT2D eigenvalue weighted by Gasteiger charge is -2.48. The van der Waals surface area contributed by atoms with E-state index in [0.29, 0.717) is 0 Å². The van der Waals surface area contributed by atoms with Crippen LogP contribution in [-0.2, 0) is 12.8 Å². The molecule has 1 aromatic rings. The number of nitrogens with zero attached hydrogens (tertiary/aromatic N) is 1. The van der Waals surface area contributed by atoms with Crippen molar-refractivity contribution in [3.8, 4) is 0 Å². The van der Waals surface area contributed by atoms with Gasteiger partial charge in [-0.15, -0.1) is 0 Å². The molecule has 21 heavy (non-hydrogen) atoms. The van der Waals surface area contributed by atoms with Gasteiger partial charge in [-0.1, -0.05) is 31.2 Å². The van der Waals surface area contributed by atoms with E-state index in [2.05, 4.69) is 36.1 Å². The minimum absolute atomic E-state index is 0.273. The van der Waals surface area contributed by atoms with Gasteiger partial charge in [0.2, 0.25) is 0 Å². The van der Waals surface area contributed by atoms with Crippen LogP contribution in [0.3, 0.4) is 0 Å². The Hall–Kier alpha value is -0.860. The summed E-state index contributed by atoms with van der Waals surface area (Å²) >= 11 is 0. The van der Waals surface area contributed by atoms with Crippen LogP contribution in [0, 0.1) is 11.8 Å². The summed E-state index contributed by atoms with van der Waals surface area (Å²) in [4.78, 5) is 2.82. The molecule has 3 aliphatic carbocycles. The fourth-order valence-electron chi connectivity index (χ4n) is 5.48. The molecule has 2 heteroatoms. The summed E-state index contributed by atoms with van der Waals surface area (Å²) in [7, 11) is 0. The summed E-state index contributed by atoms with van der Waals surface area (Å²) in [5.74, 6) is 1.52. The van der Waals surface area contributed by atoms with Crippen molar-refractivity contribution in [3.05, 3.63) is 35.4 Å². The maximum absolute atomic E-state index is 6.46. The van der Waals surface area contributed by atoms with E-state index >= 15 is 0 Å². The van der Waals surface area contributed by atoms with Crippen LogP contribution in [-0.4, -0.2) is 29.6 Å². The van der Waals surface area contributed by atoms with Gasteiger partial charge in [0.25, 0.3) is 0 Å². The number of nitrogens with two attached hydrogens (primary N) is 1. The summed E-state index contributed by atoms with van der Waals surface area (Å²) in [6, 6.07) is 9.94. The molecule has 0 heterocycles. The summed E-state index contributed by atoms with van der Waals surface area (Å²) in [5.41, 5.74) is 9.92. The first-order valence-corrected chi connectivity index (χ1v) is 8.83. The number of hydrogen-bond acceptors (Lipinski definition) is 2. The molecule has 0 saturated heterocycles. The first-order valence-electron chi connectivity index (χ1n) is 8.83. The number of rotatable bonds is 4. The Kier molecular flexibility index (Phi) is 3.35. The summed E-state index contributed by atoms with van der Waals surface area (Å²) < 4.78 is 0. The molecule has 2 N–H and O–H groups in total. The fraction of sp³-hybridized carbons (Fsp3) is 0.684. The van der Waals surface area contributed by atoms with Crippen LogP contribution in [0.2, 0.25) is 0 Å². The van der Waals surface area contributed by atoms with Gasteiger partial charge < -0.3 is 5.73 Å². The van der Waals surface area contributed by atoms with E-state index < -0.39 is 0 Å². The Labute approximate surface area is 128 Å². The Morgan fingerprint density at radius 2 is 1.62 bits per heavy atom. The number of likely N-dealkylation sites (N-methyl/N-ethyl adjacent to an activating group) is 1. The predicted molar refractivity (Wildman–Crippen MR) is 87.3 cm³/mol. The van der Waals surface area contributed by atoms with Crippen molar-refractivity contribution in [2.24, 2.45) is 17.6 Å². The summed E-state index contributed by atoms with van der Waals surface area (Å²) in [6.07, 6.45) is 8.02. The summed E-state index contributed by atoms with van der Waals surface area (Å²) in [6.45, 7) is 4.36. The molecule has 4 rings (SSSR count). The van der Waals surface area contributed by atoms with Gasteiger partial charge in [-0.05, 0) is 68.0 Å². The molecule has 2 unspecified atom stereocenters. The van der Waals surface area contributed by atoms with E-state index in [9.17, 15) is 0 Å². The van der Waals surface area contributed by atoms with E-state index in [1.807, 2.05) is 0 Å². The molecular weight excluding hydrogens is 256 g/mol. The second kappa shape index (κ2) is 5.10. The Morgan fingerprint density at radius 1 is 1.05 bits per heavy atom. The normalized spacial score (nSPS) is 34.8. The topological polar surface area (TPSA) is 29.3 Å². The largest absolute Gasteiger partial charge is 0.329 e. The lowest BCUT2D eigenvalue weighted by Crippen LogP contribution is -2.61. The maximum Gasteiger partial charge on any atom is 0.0397 e. The predicted octanol–water partition coefficient (Wildman–Crippen LogP) is 2.99. The number of fused-ring (bicyclic) bond motifs is 3. The quantitative estimate of drug-likeness (QED) is 0.921. The highest BCUT2D eigenvalue weighted by molar-refractivity contribution is 5.33. The van der Waals surface area contributed by atoms with Crippen LogP contribution in [0.1, 0.15) is 43.7 Å². The highest BCUT2D eigenvalue weighted by Gasteiger charge is 2.56. The molecule has 1 aromatic carbocycles. The van der Waals surface area contributed by atoms with E-state index in [0.717, 1.165) is 24.4 Å². The zero-order valence-electron chi connectivity index (χ0n) is 13.2. The van der Waals surface area contributed by atoms with Crippen molar-refractivity contribution in [2.75, 3.05) is 13.1 Å². The van der Waals surface area contributed by atoms with Gasteiger partial charge in [-0.2, -0.15) is 0 Å². The average molecular weight is 284 g/mol. The van der Waals surface area contributed by atoms with Crippen LogP contribution >= 0.6 is 0 Å². The molecule has 2 fully saturated rings. The smallest absolute Gasteiger partial charge is 0.0397 e. The molecular formula is C19H28N2. The Morgan fingerprint density at radius 3 is 2.05 bits per heavy atom. The van der Waals surface area contributed by atoms with E-state index in [1.165, 1.54) is 45.1 Å². The third kappa shape index (κ3) is 1.99. The maximum atomic E-state index is 6.46. The minimum atomic E-state index is 0.273. The molecule has 0 aliphatic heterocycles. The lowest BCUT2D eigenvalue weighted by atomic mass is 9.77. The fourth-order valence-corrected chi connectivity index (χ4v) is 5.48. The highest BCUT2D eigenvalue weighted by atomic mass is 15.3. The van der Waals surface area contributed by atoms with Gasteiger partial charge in [0.05, 0.1) is 0 Å². The van der Waals surface area contributed by atoms with E-state index in [4.69, 9.17) is 5.73 Å². The molecule has 0 radical (unpaired) electrons. The molecule has 114 valence electrons. The van der Waals surface area contributed by atoms with Crippen molar-refractivity contribution in [3.63, 3.8) is 0 Å². The molecule has 3 aliphatic rings. The van der Waals surface area contributed by atoms with Crippen LogP contribution in [0.5, 0.6) is 0 Å². The van der Waals surface area contributed by atoms with Crippen LogP contribution < -0.4 is 5.73 Å². The zero-order valence-corrected chi connectivity index (χ0v) is 13.2. The standard InChI is InChI=1S/C19H28N2/c1-2-21(18-9-10-18)19(13-20)16-7-8-17(19)12-15-6-4-3-5-14(15)11-16/h3-6,16-18H,2,7-13,20H2,1H3. The van der Waals surface area contributed by atoms with Gasteiger partial charge in [0, 0.05) is 18.1 Å². The second-order valence-corrected chi connectivity index (χ2v) is 7.36. The SMILES string of the molecule is CCN(C1CC1)C1(CN)C2CCC1Cc1ccccc1C2. The molecule has 0 aromatic heterocycles. The molecule has 0 amide bonds. The Balaban J connectivity index is 1.75. The van der Waals surface area contributed by atoms with Gasteiger partial charge in [-0.3, -0.25) is 4.90 Å². The van der Waals surface area contributed by atoms with Gasteiger partial charge >= 0.3 is 0 Å².